The van der Waals surface area contributed by atoms with E-state index in [2.05, 4.69) is 38.9 Å². The highest BCUT2D eigenvalue weighted by atomic mass is 16.5. The molecule has 2 atom stereocenters. The molecule has 4 rings (SSSR count). The largest absolute Gasteiger partial charge is 0.338 e. The second-order valence-corrected chi connectivity index (χ2v) is 7.38. The third-order valence-corrected chi connectivity index (χ3v) is 5.38. The smallest absolute Gasteiger partial charge is 0.241 e. The number of piperidine rings is 1. The first-order valence-corrected chi connectivity index (χ1v) is 9.59. The number of benzene rings is 1. The van der Waals surface area contributed by atoms with Crippen molar-refractivity contribution in [1.82, 2.24) is 25.0 Å². The third kappa shape index (κ3) is 3.90. The summed E-state index contributed by atoms with van der Waals surface area (Å²) in [6.45, 7) is 7.16. The Morgan fingerprint density at radius 2 is 1.70 bits per heavy atom. The molecule has 3 aromatic rings. The Labute approximate surface area is 159 Å². The fourth-order valence-electron chi connectivity index (χ4n) is 3.79. The fourth-order valence-corrected chi connectivity index (χ4v) is 3.79. The van der Waals surface area contributed by atoms with Gasteiger partial charge >= 0.3 is 0 Å². The molecule has 0 amide bonds. The molecule has 0 spiro atoms. The molecule has 2 aromatic heterocycles. The first-order valence-electron chi connectivity index (χ1n) is 9.59. The lowest BCUT2D eigenvalue weighted by Gasteiger charge is -2.37. The molecule has 0 radical (unpaired) electrons. The van der Waals surface area contributed by atoms with Crippen molar-refractivity contribution in [2.45, 2.75) is 58.7 Å². The summed E-state index contributed by atoms with van der Waals surface area (Å²) in [6.07, 6.45) is 5.54. The SMILES string of the molecule is Cc1nccc(-c2ccc(-c3noc(CN4C(C)CCCC4C)n3)cc2)n1. The van der Waals surface area contributed by atoms with Gasteiger partial charge in [0.25, 0.3) is 0 Å². The molecule has 140 valence electrons. The molecule has 1 aliphatic rings. The van der Waals surface area contributed by atoms with E-state index in [1.807, 2.05) is 37.3 Å². The zero-order chi connectivity index (χ0) is 18.8. The van der Waals surface area contributed by atoms with E-state index in [0.717, 1.165) is 22.6 Å². The molecule has 0 N–H and O–H groups in total. The molecular formula is C21H25N5O. The van der Waals surface area contributed by atoms with E-state index in [9.17, 15) is 0 Å². The first-order chi connectivity index (χ1) is 13.1. The van der Waals surface area contributed by atoms with Crippen LogP contribution in [0.4, 0.5) is 0 Å². The van der Waals surface area contributed by atoms with Gasteiger partial charge in [0.1, 0.15) is 5.82 Å². The van der Waals surface area contributed by atoms with Gasteiger partial charge in [-0.1, -0.05) is 35.8 Å². The van der Waals surface area contributed by atoms with Crippen molar-refractivity contribution in [2.24, 2.45) is 0 Å². The standard InChI is InChI=1S/C21H25N5O/c1-14-5-4-6-15(2)26(14)13-20-24-21(25-27-20)18-9-7-17(8-10-18)19-11-12-22-16(3)23-19/h7-12,14-15H,4-6,13H2,1-3H3. The maximum Gasteiger partial charge on any atom is 0.241 e. The minimum Gasteiger partial charge on any atom is -0.338 e. The average Bonchev–Trinajstić information content (AvgIpc) is 3.14. The zero-order valence-corrected chi connectivity index (χ0v) is 16.1. The number of likely N-dealkylation sites (tertiary alicyclic amines) is 1. The molecule has 0 bridgehead atoms. The van der Waals surface area contributed by atoms with Gasteiger partial charge in [-0.3, -0.25) is 4.90 Å². The normalized spacial score (nSPS) is 20.7. The lowest BCUT2D eigenvalue weighted by atomic mass is 9.98. The molecule has 0 saturated carbocycles. The topological polar surface area (TPSA) is 67.9 Å². The van der Waals surface area contributed by atoms with Crippen LogP contribution in [0.15, 0.2) is 41.1 Å². The summed E-state index contributed by atoms with van der Waals surface area (Å²) in [7, 11) is 0. The Morgan fingerprint density at radius 3 is 2.41 bits per heavy atom. The minimum atomic E-state index is 0.555. The number of hydrogen-bond acceptors (Lipinski definition) is 6. The predicted molar refractivity (Wildman–Crippen MR) is 104 cm³/mol. The van der Waals surface area contributed by atoms with Gasteiger partial charge in [0, 0.05) is 29.4 Å². The van der Waals surface area contributed by atoms with Crippen LogP contribution >= 0.6 is 0 Å². The van der Waals surface area contributed by atoms with Crippen LogP contribution < -0.4 is 0 Å². The Balaban J connectivity index is 1.50. The molecule has 6 heteroatoms. The second-order valence-electron chi connectivity index (χ2n) is 7.38. The van der Waals surface area contributed by atoms with Gasteiger partial charge in [0.05, 0.1) is 12.2 Å². The molecule has 2 unspecified atom stereocenters. The summed E-state index contributed by atoms with van der Waals surface area (Å²) in [5.41, 5.74) is 2.90. The number of nitrogens with zero attached hydrogens (tertiary/aromatic N) is 5. The maximum absolute atomic E-state index is 5.53. The van der Waals surface area contributed by atoms with E-state index < -0.39 is 0 Å². The Kier molecular flexibility index (Phi) is 4.99. The van der Waals surface area contributed by atoms with E-state index in [1.165, 1.54) is 19.3 Å². The van der Waals surface area contributed by atoms with Crippen LogP contribution in [-0.4, -0.2) is 37.1 Å². The third-order valence-electron chi connectivity index (χ3n) is 5.38. The van der Waals surface area contributed by atoms with Gasteiger partial charge in [-0.25, -0.2) is 9.97 Å². The summed E-state index contributed by atoms with van der Waals surface area (Å²) in [4.78, 5) is 15.7. The highest BCUT2D eigenvalue weighted by Crippen LogP contribution is 2.26. The summed E-state index contributed by atoms with van der Waals surface area (Å²) in [5, 5.41) is 4.18. The van der Waals surface area contributed by atoms with Gasteiger partial charge in [-0.15, -0.1) is 0 Å². The van der Waals surface area contributed by atoms with Gasteiger partial charge in [-0.2, -0.15) is 4.98 Å². The van der Waals surface area contributed by atoms with Crippen LogP contribution in [0.25, 0.3) is 22.6 Å². The lowest BCUT2D eigenvalue weighted by Crippen LogP contribution is -2.43. The van der Waals surface area contributed by atoms with E-state index >= 15 is 0 Å². The van der Waals surface area contributed by atoms with Crippen LogP contribution in [0.5, 0.6) is 0 Å². The number of hydrogen-bond donors (Lipinski definition) is 0. The molecule has 1 aliphatic heterocycles. The van der Waals surface area contributed by atoms with Crippen molar-refractivity contribution in [1.29, 1.82) is 0 Å². The number of aromatic nitrogens is 4. The first kappa shape index (κ1) is 17.8. The Hall–Kier alpha value is -2.60. The molecule has 27 heavy (non-hydrogen) atoms. The van der Waals surface area contributed by atoms with Crippen molar-refractivity contribution < 1.29 is 4.52 Å². The second kappa shape index (κ2) is 7.56. The van der Waals surface area contributed by atoms with E-state index in [1.54, 1.807) is 6.20 Å². The molecular weight excluding hydrogens is 338 g/mol. The molecule has 0 aliphatic carbocycles. The summed E-state index contributed by atoms with van der Waals surface area (Å²) >= 11 is 0. The average molecular weight is 363 g/mol. The van der Waals surface area contributed by atoms with Crippen molar-refractivity contribution in [3.8, 4) is 22.6 Å². The predicted octanol–water partition coefficient (Wildman–Crippen LogP) is 4.26. The van der Waals surface area contributed by atoms with Crippen molar-refractivity contribution in [3.05, 3.63) is 48.2 Å². The van der Waals surface area contributed by atoms with Gasteiger partial charge in [0.2, 0.25) is 11.7 Å². The van der Waals surface area contributed by atoms with Crippen molar-refractivity contribution >= 4 is 0 Å². The monoisotopic (exact) mass is 363 g/mol. The summed E-state index contributed by atoms with van der Waals surface area (Å²) in [6, 6.07) is 11.1. The van der Waals surface area contributed by atoms with E-state index in [4.69, 9.17) is 4.52 Å². The van der Waals surface area contributed by atoms with E-state index in [-0.39, 0.29) is 0 Å². The van der Waals surface area contributed by atoms with Crippen LogP contribution in [-0.2, 0) is 6.54 Å². The van der Waals surface area contributed by atoms with Crippen LogP contribution in [0.1, 0.15) is 44.8 Å². The molecule has 1 aromatic carbocycles. The maximum atomic E-state index is 5.53. The summed E-state index contributed by atoms with van der Waals surface area (Å²) < 4.78 is 5.53. The quantitative estimate of drug-likeness (QED) is 0.690. The number of aryl methyl sites for hydroxylation is 1. The van der Waals surface area contributed by atoms with Crippen LogP contribution in [0, 0.1) is 6.92 Å². The Morgan fingerprint density at radius 1 is 1.00 bits per heavy atom. The number of rotatable bonds is 4. The fraction of sp³-hybridized carbons (Fsp3) is 0.429. The molecule has 1 saturated heterocycles. The van der Waals surface area contributed by atoms with E-state index in [0.29, 0.717) is 30.3 Å². The van der Waals surface area contributed by atoms with Gasteiger partial charge in [0.15, 0.2) is 0 Å². The highest BCUT2D eigenvalue weighted by Gasteiger charge is 2.26. The van der Waals surface area contributed by atoms with Crippen LogP contribution in [0.2, 0.25) is 0 Å². The molecule has 1 fully saturated rings. The van der Waals surface area contributed by atoms with Gasteiger partial charge in [-0.05, 0) is 39.7 Å². The highest BCUT2D eigenvalue weighted by molar-refractivity contribution is 5.64. The summed E-state index contributed by atoms with van der Waals surface area (Å²) in [5.74, 6) is 2.08. The van der Waals surface area contributed by atoms with Crippen LogP contribution in [0.3, 0.4) is 0 Å². The van der Waals surface area contributed by atoms with Crippen molar-refractivity contribution in [2.75, 3.05) is 0 Å². The minimum absolute atomic E-state index is 0.555. The van der Waals surface area contributed by atoms with Gasteiger partial charge < -0.3 is 4.52 Å². The lowest BCUT2D eigenvalue weighted by molar-refractivity contribution is 0.0825. The molecule has 3 heterocycles. The zero-order valence-electron chi connectivity index (χ0n) is 16.1. The van der Waals surface area contributed by atoms with Crippen molar-refractivity contribution in [3.63, 3.8) is 0 Å². The molecule has 6 nitrogen and oxygen atoms in total. The Bertz CT molecular complexity index is 895.